The Labute approximate surface area is 179 Å². The molecule has 162 valence electrons. The van der Waals surface area contributed by atoms with Gasteiger partial charge in [-0.05, 0) is 30.5 Å². The molecule has 5 rings (SSSR count). The quantitative estimate of drug-likeness (QED) is 0.178. The first-order chi connectivity index (χ1) is 14.9. The molecule has 1 spiro atoms. The molecule has 9 heteroatoms. The highest BCUT2D eigenvalue weighted by atomic mass is 17.2. The van der Waals surface area contributed by atoms with Crippen LogP contribution in [0.25, 0.3) is 0 Å². The Morgan fingerprint density at radius 3 is 2.77 bits per heavy atom. The Bertz CT molecular complexity index is 1050. The van der Waals surface area contributed by atoms with Crippen molar-refractivity contribution in [1.29, 1.82) is 5.26 Å². The molecule has 9 nitrogen and oxygen atoms in total. The second kappa shape index (κ2) is 6.62. The molecule has 5 atom stereocenters. The third kappa shape index (κ3) is 2.51. The van der Waals surface area contributed by atoms with E-state index < -0.39 is 29.2 Å². The van der Waals surface area contributed by atoms with Crippen molar-refractivity contribution in [3.05, 3.63) is 35.4 Å². The van der Waals surface area contributed by atoms with Gasteiger partial charge in [-0.1, -0.05) is 12.1 Å². The van der Waals surface area contributed by atoms with Gasteiger partial charge in [0.25, 0.3) is 0 Å². The van der Waals surface area contributed by atoms with Crippen LogP contribution in [0.1, 0.15) is 31.4 Å². The van der Waals surface area contributed by atoms with E-state index in [9.17, 15) is 14.9 Å². The Morgan fingerprint density at radius 2 is 2.10 bits per heavy atom. The molecule has 1 aromatic rings. The number of hydrogen-bond acceptors (Lipinski definition) is 9. The van der Waals surface area contributed by atoms with Crippen molar-refractivity contribution < 1.29 is 33.6 Å². The van der Waals surface area contributed by atoms with Gasteiger partial charge in [0.2, 0.25) is 0 Å². The van der Waals surface area contributed by atoms with E-state index in [2.05, 4.69) is 6.19 Å². The summed E-state index contributed by atoms with van der Waals surface area (Å²) in [5, 5.41) is 9.72. The van der Waals surface area contributed by atoms with Crippen LogP contribution in [-0.2, 0) is 35.9 Å². The molecule has 0 aromatic heterocycles. The van der Waals surface area contributed by atoms with Gasteiger partial charge in [-0.2, -0.15) is 5.26 Å². The summed E-state index contributed by atoms with van der Waals surface area (Å²) in [6, 6.07) is 3.76. The second-order valence-electron chi connectivity index (χ2n) is 8.34. The number of nitrogens with zero attached hydrogens (tertiary/aromatic N) is 2. The summed E-state index contributed by atoms with van der Waals surface area (Å²) in [7, 11) is 1.57. The fourth-order valence-electron chi connectivity index (χ4n) is 5.87. The van der Waals surface area contributed by atoms with Crippen molar-refractivity contribution in [1.82, 2.24) is 4.90 Å². The fraction of sp³-hybridized carbons (Fsp3) is 0.500. The van der Waals surface area contributed by atoms with Gasteiger partial charge >= 0.3 is 17.7 Å². The highest BCUT2D eigenvalue weighted by Gasteiger charge is 2.71. The van der Waals surface area contributed by atoms with Gasteiger partial charge in [-0.25, -0.2) is 4.79 Å². The van der Waals surface area contributed by atoms with E-state index >= 15 is 0 Å². The van der Waals surface area contributed by atoms with Gasteiger partial charge in [-0.15, -0.1) is 4.89 Å². The summed E-state index contributed by atoms with van der Waals surface area (Å²) in [6.45, 7) is 2.97. The highest BCUT2D eigenvalue weighted by Crippen LogP contribution is 2.64. The molecule has 1 fully saturated rings. The van der Waals surface area contributed by atoms with Crippen LogP contribution in [0, 0.1) is 17.4 Å². The molecular formula is C22H22N2O7. The van der Waals surface area contributed by atoms with Crippen LogP contribution in [0.15, 0.2) is 24.3 Å². The van der Waals surface area contributed by atoms with Gasteiger partial charge in [0.05, 0.1) is 18.6 Å². The average molecular weight is 426 g/mol. The topological polar surface area (TPSA) is 107 Å². The van der Waals surface area contributed by atoms with E-state index in [4.69, 9.17) is 24.0 Å². The molecule has 3 unspecified atom stereocenters. The largest absolute Gasteiger partial charge is 0.493 e. The lowest BCUT2D eigenvalue weighted by atomic mass is 9.52. The number of rotatable bonds is 4. The van der Waals surface area contributed by atoms with E-state index in [0.717, 1.165) is 11.1 Å². The lowest BCUT2D eigenvalue weighted by Crippen LogP contribution is -2.69. The third-order valence-electron chi connectivity index (χ3n) is 6.82. The predicted octanol–water partition coefficient (Wildman–Crippen LogP) is 1.75. The number of nitriles is 1. The van der Waals surface area contributed by atoms with Gasteiger partial charge in [0, 0.05) is 31.9 Å². The molecule has 4 aliphatic rings. The van der Waals surface area contributed by atoms with E-state index in [1.807, 2.05) is 18.2 Å². The van der Waals surface area contributed by atoms with Crippen molar-refractivity contribution in [2.24, 2.45) is 5.92 Å². The molecule has 1 aromatic carbocycles. The summed E-state index contributed by atoms with van der Waals surface area (Å²) in [5.74, 6) is -2.02. The first kappa shape index (κ1) is 19.7. The van der Waals surface area contributed by atoms with E-state index in [-0.39, 0.29) is 12.0 Å². The van der Waals surface area contributed by atoms with Crippen LogP contribution in [-0.4, -0.2) is 48.4 Å². The lowest BCUT2D eigenvalue weighted by Gasteiger charge is -2.57. The van der Waals surface area contributed by atoms with Crippen LogP contribution in [0.2, 0.25) is 0 Å². The maximum atomic E-state index is 12.1. The van der Waals surface area contributed by atoms with Crippen molar-refractivity contribution in [3.8, 4) is 17.7 Å². The Hall–Kier alpha value is -3.25. The molecule has 2 heterocycles. The number of methoxy groups -OCH3 is 1. The number of piperidine rings is 1. The molecule has 0 radical (unpaired) electrons. The molecule has 0 N–H and O–H groups in total. The number of esters is 1. The minimum absolute atomic E-state index is 0.0722. The molecule has 2 bridgehead atoms. The summed E-state index contributed by atoms with van der Waals surface area (Å²) in [6.07, 6.45) is 6.21. The second-order valence-corrected chi connectivity index (χ2v) is 8.34. The number of carbonyl (C=O) groups is 2. The van der Waals surface area contributed by atoms with Crippen LogP contribution >= 0.6 is 0 Å². The number of benzene rings is 1. The van der Waals surface area contributed by atoms with E-state index in [0.29, 0.717) is 30.9 Å². The van der Waals surface area contributed by atoms with Crippen LogP contribution in [0.3, 0.4) is 0 Å². The van der Waals surface area contributed by atoms with Gasteiger partial charge in [-0.3, -0.25) is 9.68 Å². The molecule has 31 heavy (non-hydrogen) atoms. The van der Waals surface area contributed by atoms with E-state index in [1.54, 1.807) is 18.1 Å². The monoisotopic (exact) mass is 426 g/mol. The molecule has 0 saturated carbocycles. The SMILES string of the molecule is COc1ccc2c3c1OC1C(OOC(C)=O)(OC(C)=O)C=CC4[C@@H](C2)N(C#N)CC[C@@]341. The Morgan fingerprint density at radius 1 is 1.29 bits per heavy atom. The number of ether oxygens (including phenoxy) is 3. The van der Waals surface area contributed by atoms with Crippen LogP contribution < -0.4 is 9.47 Å². The lowest BCUT2D eigenvalue weighted by molar-refractivity contribution is -0.400. The number of carbonyl (C=O) groups excluding carboxylic acids is 2. The van der Waals surface area contributed by atoms with Crippen LogP contribution in [0.4, 0.5) is 0 Å². The van der Waals surface area contributed by atoms with Crippen molar-refractivity contribution >= 4 is 11.9 Å². The maximum Gasteiger partial charge on any atom is 0.339 e. The van der Waals surface area contributed by atoms with Crippen molar-refractivity contribution in [3.63, 3.8) is 0 Å². The zero-order chi connectivity index (χ0) is 22.0. The molecule has 2 aliphatic carbocycles. The smallest absolute Gasteiger partial charge is 0.339 e. The van der Waals surface area contributed by atoms with Gasteiger partial charge < -0.3 is 19.1 Å². The zero-order valence-electron chi connectivity index (χ0n) is 17.4. The average Bonchev–Trinajstić information content (AvgIpc) is 3.08. The molecule has 2 aliphatic heterocycles. The standard InChI is InChI=1S/C22H22N2O7/c1-12(25)29-22(31-30-13(2)26)7-6-15-16-10-14-4-5-17(27-3)19-18(14)21(15,20(22)28-19)8-9-24(16)11-23/h4-7,15-16,20H,8-10H2,1-3H3/t15?,16-,20?,21+,22?/m1/s1. The minimum Gasteiger partial charge on any atom is -0.493 e. The molecule has 1 saturated heterocycles. The summed E-state index contributed by atoms with van der Waals surface area (Å²) in [4.78, 5) is 35.8. The van der Waals surface area contributed by atoms with Crippen LogP contribution in [0.5, 0.6) is 11.5 Å². The van der Waals surface area contributed by atoms with Gasteiger partial charge in [0.15, 0.2) is 23.8 Å². The molecule has 0 amide bonds. The van der Waals surface area contributed by atoms with Crippen molar-refractivity contribution in [2.75, 3.05) is 13.7 Å². The summed E-state index contributed by atoms with van der Waals surface area (Å²) >= 11 is 0. The maximum absolute atomic E-state index is 12.1. The molecular weight excluding hydrogens is 404 g/mol. The fourth-order valence-corrected chi connectivity index (χ4v) is 5.87. The first-order valence-corrected chi connectivity index (χ1v) is 10.1. The zero-order valence-corrected chi connectivity index (χ0v) is 17.4. The predicted molar refractivity (Wildman–Crippen MR) is 103 cm³/mol. The Balaban J connectivity index is 1.74. The number of hydrogen-bond donors (Lipinski definition) is 0. The Kier molecular flexibility index (Phi) is 4.21. The van der Waals surface area contributed by atoms with E-state index in [1.165, 1.54) is 13.8 Å². The van der Waals surface area contributed by atoms with Gasteiger partial charge in [0.1, 0.15) is 0 Å². The number of likely N-dealkylation sites (tertiary alicyclic amines) is 1. The first-order valence-electron chi connectivity index (χ1n) is 10.1. The third-order valence-corrected chi connectivity index (χ3v) is 6.82. The highest BCUT2D eigenvalue weighted by molar-refractivity contribution is 5.68. The summed E-state index contributed by atoms with van der Waals surface area (Å²) < 4.78 is 17.6. The summed E-state index contributed by atoms with van der Waals surface area (Å²) in [5.41, 5.74) is 1.40. The normalized spacial score (nSPS) is 33.6. The minimum atomic E-state index is -1.77. The van der Waals surface area contributed by atoms with Crippen molar-refractivity contribution in [2.45, 2.75) is 50.0 Å².